The maximum absolute atomic E-state index is 12.0. The number of carboxylic acid groups (broad SMARTS) is 1. The summed E-state index contributed by atoms with van der Waals surface area (Å²) in [5, 5.41) is 17.5. The molecular weight excluding hydrogens is 331 g/mol. The molecule has 0 saturated carbocycles. The molecule has 0 unspecified atom stereocenters. The zero-order chi connectivity index (χ0) is 16.7. The zero-order valence-electron chi connectivity index (χ0n) is 14.3. The average molecular weight is 348 g/mol. The minimum absolute atomic E-state index is 0. The topological polar surface area (TPSA) is 74.6 Å². The van der Waals surface area contributed by atoms with Gasteiger partial charge in [0.15, 0.2) is 5.78 Å². The smallest absolute Gasteiger partial charge is 1.00 e. The minimum Gasteiger partial charge on any atom is -1.00 e. The molecular formula is C19H17KO4. The van der Waals surface area contributed by atoms with E-state index < -0.39 is 5.97 Å². The van der Waals surface area contributed by atoms with E-state index in [1.165, 1.54) is 12.2 Å². The van der Waals surface area contributed by atoms with Crippen molar-refractivity contribution >= 4 is 23.9 Å². The first-order valence-electron chi connectivity index (χ1n) is 7.02. The summed E-state index contributed by atoms with van der Waals surface area (Å²) in [7, 11) is 0. The number of allylic oxidation sites excluding steroid dienone is 1. The van der Waals surface area contributed by atoms with Crippen LogP contribution in [-0.2, 0) is 11.4 Å². The molecule has 2 aromatic carbocycles. The molecule has 2 N–H and O–H groups in total. The van der Waals surface area contributed by atoms with Gasteiger partial charge in [-0.25, -0.2) is 4.79 Å². The number of ketones is 1. The maximum Gasteiger partial charge on any atom is 1.00 e. The van der Waals surface area contributed by atoms with Crippen LogP contribution in [0.5, 0.6) is 0 Å². The van der Waals surface area contributed by atoms with Gasteiger partial charge in [0, 0.05) is 11.6 Å². The van der Waals surface area contributed by atoms with Crippen molar-refractivity contribution in [3.05, 3.63) is 82.9 Å². The van der Waals surface area contributed by atoms with E-state index in [1.54, 1.807) is 54.6 Å². The molecule has 2 rings (SSSR count). The van der Waals surface area contributed by atoms with Gasteiger partial charge in [0.05, 0.1) is 6.61 Å². The molecule has 0 saturated heterocycles. The van der Waals surface area contributed by atoms with E-state index in [2.05, 4.69) is 0 Å². The normalized spacial score (nSPS) is 10.7. The van der Waals surface area contributed by atoms with Gasteiger partial charge in [-0.2, -0.15) is 0 Å². The summed E-state index contributed by atoms with van der Waals surface area (Å²) in [6, 6.07) is 13.9. The van der Waals surface area contributed by atoms with Gasteiger partial charge in [0.1, 0.15) is 0 Å². The van der Waals surface area contributed by atoms with Crippen molar-refractivity contribution in [2.24, 2.45) is 0 Å². The van der Waals surface area contributed by atoms with E-state index >= 15 is 0 Å². The molecule has 0 radical (unpaired) electrons. The SMILES string of the molecule is O=C(O)/C=C/c1ccc(/C=C/C(=O)c2ccc(CO)cc2)cc1.[H-].[K+]. The first-order valence-corrected chi connectivity index (χ1v) is 7.02. The third kappa shape index (κ3) is 6.64. The van der Waals surface area contributed by atoms with Crippen LogP contribution in [0, 0.1) is 0 Å². The fraction of sp³-hybridized carbons (Fsp3) is 0.0526. The summed E-state index contributed by atoms with van der Waals surface area (Å²) in [6.45, 7) is -0.0486. The third-order valence-corrected chi connectivity index (χ3v) is 3.20. The molecule has 0 bridgehead atoms. The standard InChI is InChI=1S/C19H16O4.K.H/c20-13-16-5-9-17(10-6-16)18(21)11-7-14-1-3-15(4-2-14)8-12-19(22)23;;/h1-12,20H,13H2,(H,22,23);;/q;+1;-1/b11-7+,12-8+;;. The van der Waals surface area contributed by atoms with Crippen molar-refractivity contribution in [1.82, 2.24) is 0 Å². The molecule has 0 heterocycles. The fourth-order valence-electron chi connectivity index (χ4n) is 1.93. The molecule has 0 atom stereocenters. The summed E-state index contributed by atoms with van der Waals surface area (Å²) in [6.07, 6.45) is 5.76. The van der Waals surface area contributed by atoms with Crippen molar-refractivity contribution in [1.29, 1.82) is 0 Å². The predicted molar refractivity (Wildman–Crippen MR) is 90.0 cm³/mol. The zero-order valence-corrected chi connectivity index (χ0v) is 16.5. The second-order valence-corrected chi connectivity index (χ2v) is 4.89. The Morgan fingerprint density at radius 3 is 1.83 bits per heavy atom. The molecule has 0 aliphatic rings. The molecule has 0 aromatic heterocycles. The van der Waals surface area contributed by atoms with Crippen LogP contribution in [0.15, 0.2) is 60.7 Å². The Morgan fingerprint density at radius 1 is 0.875 bits per heavy atom. The Kier molecular flexibility index (Phi) is 9.06. The average Bonchev–Trinajstić information content (AvgIpc) is 2.58. The second-order valence-electron chi connectivity index (χ2n) is 4.89. The van der Waals surface area contributed by atoms with E-state index in [-0.39, 0.29) is 65.2 Å². The van der Waals surface area contributed by atoms with Crippen LogP contribution in [0.4, 0.5) is 0 Å². The van der Waals surface area contributed by atoms with E-state index in [9.17, 15) is 9.59 Å². The van der Waals surface area contributed by atoms with Crippen LogP contribution in [0.3, 0.4) is 0 Å². The van der Waals surface area contributed by atoms with Crippen LogP contribution < -0.4 is 51.4 Å². The summed E-state index contributed by atoms with van der Waals surface area (Å²) >= 11 is 0. The number of benzene rings is 2. The Balaban J connectivity index is 0.00000288. The van der Waals surface area contributed by atoms with Gasteiger partial charge in [0.2, 0.25) is 0 Å². The summed E-state index contributed by atoms with van der Waals surface area (Å²) in [4.78, 5) is 22.5. The molecule has 0 fully saturated rings. The maximum atomic E-state index is 12.0. The Bertz CT molecular complexity index is 750. The van der Waals surface area contributed by atoms with Crippen molar-refractivity contribution in [3.63, 3.8) is 0 Å². The summed E-state index contributed by atoms with van der Waals surface area (Å²) in [5.41, 5.74) is 2.93. The number of rotatable bonds is 6. The van der Waals surface area contributed by atoms with Crippen LogP contribution >= 0.6 is 0 Å². The van der Waals surface area contributed by atoms with E-state index in [0.717, 1.165) is 22.8 Å². The van der Waals surface area contributed by atoms with Crippen LogP contribution in [0.25, 0.3) is 12.2 Å². The number of carbonyl (C=O) groups excluding carboxylic acids is 1. The van der Waals surface area contributed by atoms with Gasteiger partial charge in [-0.15, -0.1) is 0 Å². The van der Waals surface area contributed by atoms with Gasteiger partial charge >= 0.3 is 57.4 Å². The molecule has 24 heavy (non-hydrogen) atoms. The first kappa shape index (κ1) is 20.7. The van der Waals surface area contributed by atoms with Gasteiger partial charge in [-0.1, -0.05) is 54.6 Å². The van der Waals surface area contributed by atoms with Crippen molar-refractivity contribution in [2.75, 3.05) is 0 Å². The predicted octanol–water partition coefficient (Wildman–Crippen LogP) is 0.289. The number of carboxylic acids is 1. The largest absolute Gasteiger partial charge is 1.00 e. The quantitative estimate of drug-likeness (QED) is 0.447. The number of aliphatic hydroxyl groups is 1. The van der Waals surface area contributed by atoms with Gasteiger partial charge in [0.25, 0.3) is 0 Å². The second kappa shape index (κ2) is 10.5. The van der Waals surface area contributed by atoms with E-state index in [4.69, 9.17) is 10.2 Å². The molecule has 4 nitrogen and oxygen atoms in total. The van der Waals surface area contributed by atoms with Crippen molar-refractivity contribution < 1.29 is 72.6 Å². The third-order valence-electron chi connectivity index (χ3n) is 3.20. The summed E-state index contributed by atoms with van der Waals surface area (Å²) in [5.74, 6) is -1.11. The molecule has 0 aliphatic heterocycles. The van der Waals surface area contributed by atoms with Crippen LogP contribution in [0.1, 0.15) is 28.5 Å². The van der Waals surface area contributed by atoms with Crippen molar-refractivity contribution in [2.45, 2.75) is 6.61 Å². The monoisotopic (exact) mass is 348 g/mol. The number of aliphatic carboxylic acids is 1. The number of hydrogen-bond donors (Lipinski definition) is 2. The Morgan fingerprint density at radius 2 is 1.38 bits per heavy atom. The van der Waals surface area contributed by atoms with E-state index in [0.29, 0.717) is 5.56 Å². The number of carbonyl (C=O) groups is 2. The molecule has 2 aromatic rings. The van der Waals surface area contributed by atoms with E-state index in [1.807, 2.05) is 0 Å². The molecule has 0 spiro atoms. The molecule has 5 heteroatoms. The minimum atomic E-state index is -0.994. The molecule has 118 valence electrons. The van der Waals surface area contributed by atoms with Crippen molar-refractivity contribution in [3.8, 4) is 0 Å². The molecule has 0 aliphatic carbocycles. The van der Waals surface area contributed by atoms with Crippen LogP contribution in [-0.4, -0.2) is 22.0 Å². The molecule has 0 amide bonds. The number of hydrogen-bond acceptors (Lipinski definition) is 3. The summed E-state index contributed by atoms with van der Waals surface area (Å²) < 4.78 is 0. The fourth-order valence-corrected chi connectivity index (χ4v) is 1.93. The Hall–Kier alpha value is -1.34. The van der Waals surface area contributed by atoms with Gasteiger partial charge < -0.3 is 11.6 Å². The van der Waals surface area contributed by atoms with Crippen LogP contribution in [0.2, 0.25) is 0 Å². The van der Waals surface area contributed by atoms with Gasteiger partial charge in [-0.05, 0) is 28.8 Å². The Labute approximate surface area is 184 Å². The van der Waals surface area contributed by atoms with Gasteiger partial charge in [-0.3, -0.25) is 4.79 Å². The first-order chi connectivity index (χ1) is 11.1. The number of aliphatic hydroxyl groups excluding tert-OH is 1.